The van der Waals surface area contributed by atoms with Gasteiger partial charge in [0.2, 0.25) is 0 Å². The summed E-state index contributed by atoms with van der Waals surface area (Å²) in [5, 5.41) is 13.8. The van der Waals surface area contributed by atoms with E-state index < -0.39 is 0 Å². The van der Waals surface area contributed by atoms with Crippen molar-refractivity contribution in [3.05, 3.63) is 33.9 Å². The number of non-ortho nitro benzene ring substituents is 1. The summed E-state index contributed by atoms with van der Waals surface area (Å²) in [4.78, 5) is 10.2. The van der Waals surface area contributed by atoms with Gasteiger partial charge in [-0.05, 0) is 30.9 Å². The molecule has 1 aliphatic heterocycles. The van der Waals surface area contributed by atoms with Crippen LogP contribution in [-0.2, 0) is 6.42 Å². The third-order valence-electron chi connectivity index (χ3n) is 2.49. The highest BCUT2D eigenvalue weighted by Crippen LogP contribution is 2.25. The van der Waals surface area contributed by atoms with Crippen LogP contribution in [0.5, 0.6) is 0 Å². The molecule has 0 spiro atoms. The van der Waals surface area contributed by atoms with E-state index in [9.17, 15) is 10.1 Å². The lowest BCUT2D eigenvalue weighted by atomic mass is 10.1. The van der Waals surface area contributed by atoms with Gasteiger partial charge in [-0.15, -0.1) is 0 Å². The van der Waals surface area contributed by atoms with E-state index in [-0.39, 0.29) is 10.6 Å². The van der Waals surface area contributed by atoms with E-state index in [4.69, 9.17) is 0 Å². The van der Waals surface area contributed by atoms with Gasteiger partial charge in [0.1, 0.15) is 0 Å². The first kappa shape index (κ1) is 8.99. The van der Waals surface area contributed by atoms with Crippen molar-refractivity contribution in [2.75, 3.05) is 11.9 Å². The standard InChI is InChI=1S/C10H12N2O2/c13-12(14)9-4-5-10-8(7-9)3-1-2-6-11-10/h4-5,7,11H,1-3,6H2. The van der Waals surface area contributed by atoms with Crippen LogP contribution in [0.15, 0.2) is 18.2 Å². The van der Waals surface area contributed by atoms with Crippen molar-refractivity contribution in [3.63, 3.8) is 0 Å². The number of benzene rings is 1. The lowest BCUT2D eigenvalue weighted by molar-refractivity contribution is -0.384. The smallest absolute Gasteiger partial charge is 0.269 e. The van der Waals surface area contributed by atoms with Crippen LogP contribution in [0.4, 0.5) is 11.4 Å². The summed E-state index contributed by atoms with van der Waals surface area (Å²) in [6.45, 7) is 0.963. The fraction of sp³-hybridized carbons (Fsp3) is 0.400. The number of anilines is 1. The molecular weight excluding hydrogens is 180 g/mol. The zero-order chi connectivity index (χ0) is 9.97. The Morgan fingerprint density at radius 1 is 1.36 bits per heavy atom. The molecule has 4 heteroatoms. The molecule has 0 bridgehead atoms. The van der Waals surface area contributed by atoms with Gasteiger partial charge in [-0.2, -0.15) is 0 Å². The summed E-state index contributed by atoms with van der Waals surface area (Å²) >= 11 is 0. The first-order valence-corrected chi connectivity index (χ1v) is 4.78. The Kier molecular flexibility index (Phi) is 2.35. The lowest BCUT2D eigenvalue weighted by Gasteiger charge is -2.05. The van der Waals surface area contributed by atoms with Crippen LogP contribution in [0.2, 0.25) is 0 Å². The zero-order valence-corrected chi connectivity index (χ0v) is 7.82. The molecule has 0 radical (unpaired) electrons. The molecule has 0 saturated carbocycles. The van der Waals surface area contributed by atoms with Crippen LogP contribution in [-0.4, -0.2) is 11.5 Å². The number of nitro benzene ring substituents is 1. The molecule has 0 aliphatic carbocycles. The second kappa shape index (κ2) is 3.65. The topological polar surface area (TPSA) is 55.2 Å². The second-order valence-corrected chi connectivity index (χ2v) is 3.48. The number of nitrogens with zero attached hydrogens (tertiary/aromatic N) is 1. The van der Waals surface area contributed by atoms with Crippen molar-refractivity contribution in [1.82, 2.24) is 0 Å². The van der Waals surface area contributed by atoms with E-state index in [1.807, 2.05) is 0 Å². The maximum Gasteiger partial charge on any atom is 0.269 e. The summed E-state index contributed by atoms with van der Waals surface area (Å²) < 4.78 is 0. The van der Waals surface area contributed by atoms with Crippen LogP contribution in [0.25, 0.3) is 0 Å². The first-order chi connectivity index (χ1) is 6.77. The summed E-state index contributed by atoms with van der Waals surface area (Å²) in [6, 6.07) is 5.03. The number of rotatable bonds is 1. The number of hydrogen-bond donors (Lipinski definition) is 1. The molecule has 1 aliphatic rings. The molecule has 0 aromatic heterocycles. The second-order valence-electron chi connectivity index (χ2n) is 3.48. The van der Waals surface area contributed by atoms with Crippen LogP contribution < -0.4 is 5.32 Å². The van der Waals surface area contributed by atoms with Crippen molar-refractivity contribution >= 4 is 11.4 Å². The summed E-state index contributed by atoms with van der Waals surface area (Å²) in [6.07, 6.45) is 3.16. The molecule has 0 amide bonds. The summed E-state index contributed by atoms with van der Waals surface area (Å²) in [7, 11) is 0. The third-order valence-corrected chi connectivity index (χ3v) is 2.49. The first-order valence-electron chi connectivity index (χ1n) is 4.78. The summed E-state index contributed by atoms with van der Waals surface area (Å²) in [5.74, 6) is 0. The molecule has 1 aromatic rings. The Hall–Kier alpha value is -1.58. The molecule has 4 nitrogen and oxygen atoms in total. The van der Waals surface area contributed by atoms with Crippen molar-refractivity contribution in [1.29, 1.82) is 0 Å². The molecule has 1 aromatic carbocycles. The maximum absolute atomic E-state index is 10.6. The normalized spacial score (nSPS) is 15.1. The Labute approximate surface area is 82.1 Å². The van der Waals surface area contributed by atoms with Gasteiger partial charge in [-0.1, -0.05) is 0 Å². The Morgan fingerprint density at radius 2 is 2.21 bits per heavy atom. The van der Waals surface area contributed by atoms with E-state index >= 15 is 0 Å². The molecule has 74 valence electrons. The minimum absolute atomic E-state index is 0.187. The Balaban J connectivity index is 2.37. The molecule has 0 atom stereocenters. The lowest BCUT2D eigenvalue weighted by Crippen LogP contribution is -1.99. The molecule has 1 heterocycles. The molecule has 2 rings (SSSR count). The van der Waals surface area contributed by atoms with E-state index in [2.05, 4.69) is 5.32 Å². The van der Waals surface area contributed by atoms with Crippen LogP contribution in [0.3, 0.4) is 0 Å². The number of nitrogens with one attached hydrogen (secondary N) is 1. The van der Waals surface area contributed by atoms with E-state index in [1.54, 1.807) is 18.2 Å². The average molecular weight is 192 g/mol. The SMILES string of the molecule is O=[N+]([O-])c1ccc2c(c1)CCCCN2. The van der Waals surface area contributed by atoms with Gasteiger partial charge in [-0.3, -0.25) is 10.1 Å². The van der Waals surface area contributed by atoms with Crippen LogP contribution in [0, 0.1) is 10.1 Å². The molecule has 0 unspecified atom stereocenters. The predicted molar refractivity (Wildman–Crippen MR) is 54.5 cm³/mol. The van der Waals surface area contributed by atoms with Crippen molar-refractivity contribution in [3.8, 4) is 0 Å². The van der Waals surface area contributed by atoms with Crippen LogP contribution >= 0.6 is 0 Å². The van der Waals surface area contributed by atoms with Crippen LogP contribution in [0.1, 0.15) is 18.4 Å². The average Bonchev–Trinajstić information content (AvgIpc) is 2.41. The minimum Gasteiger partial charge on any atom is -0.385 e. The molecule has 0 fully saturated rings. The van der Waals surface area contributed by atoms with Gasteiger partial charge in [0.25, 0.3) is 5.69 Å². The largest absolute Gasteiger partial charge is 0.385 e. The molecular formula is C10H12N2O2. The quantitative estimate of drug-likeness (QED) is 0.548. The minimum atomic E-state index is -0.342. The maximum atomic E-state index is 10.6. The van der Waals surface area contributed by atoms with Crippen molar-refractivity contribution in [2.45, 2.75) is 19.3 Å². The highest BCUT2D eigenvalue weighted by atomic mass is 16.6. The monoisotopic (exact) mass is 192 g/mol. The summed E-state index contributed by atoms with van der Waals surface area (Å²) in [5.41, 5.74) is 2.30. The molecule has 14 heavy (non-hydrogen) atoms. The van der Waals surface area contributed by atoms with Gasteiger partial charge in [0, 0.05) is 24.4 Å². The van der Waals surface area contributed by atoms with Crippen molar-refractivity contribution in [2.24, 2.45) is 0 Å². The molecule has 1 N–H and O–H groups in total. The van der Waals surface area contributed by atoms with E-state index in [0.717, 1.165) is 37.1 Å². The Bertz CT molecular complexity index is 363. The number of fused-ring (bicyclic) bond motifs is 1. The predicted octanol–water partition coefficient (Wildman–Crippen LogP) is 2.34. The number of nitro groups is 1. The molecule has 0 saturated heterocycles. The third kappa shape index (κ3) is 1.69. The van der Waals surface area contributed by atoms with Gasteiger partial charge in [0.05, 0.1) is 4.92 Å². The zero-order valence-electron chi connectivity index (χ0n) is 7.82. The number of hydrogen-bond acceptors (Lipinski definition) is 3. The Morgan fingerprint density at radius 3 is 3.00 bits per heavy atom. The van der Waals surface area contributed by atoms with Crippen molar-refractivity contribution < 1.29 is 4.92 Å². The van der Waals surface area contributed by atoms with Gasteiger partial charge < -0.3 is 5.32 Å². The van der Waals surface area contributed by atoms with Gasteiger partial charge in [0.15, 0.2) is 0 Å². The number of aryl methyl sites for hydroxylation is 1. The highest BCUT2D eigenvalue weighted by molar-refractivity contribution is 5.56. The fourth-order valence-corrected chi connectivity index (χ4v) is 1.74. The van der Waals surface area contributed by atoms with Gasteiger partial charge >= 0.3 is 0 Å². The van der Waals surface area contributed by atoms with E-state index in [1.165, 1.54) is 0 Å². The fourth-order valence-electron chi connectivity index (χ4n) is 1.74. The highest BCUT2D eigenvalue weighted by Gasteiger charge is 2.12. The van der Waals surface area contributed by atoms with E-state index in [0.29, 0.717) is 0 Å². The van der Waals surface area contributed by atoms with Gasteiger partial charge in [-0.25, -0.2) is 0 Å².